The Morgan fingerprint density at radius 1 is 1.31 bits per heavy atom. The lowest BCUT2D eigenvalue weighted by Crippen LogP contribution is -2.37. The standard InChI is InChI=1S/C24H28INO6/c1-4-17(22(28)24(30)32-5-2)20(27)10-9-16(19-8-6-7-11-26-19)12-15-13-18(25)23(29)21(14-15)31-3/h4,6-8,11-14,17,20,22,27-29H,1,5,9-10H2,2-3H3/b16-12-/t17-,20-,22+/m1/s1. The molecule has 32 heavy (non-hydrogen) atoms. The van der Waals surface area contributed by atoms with Crippen LogP contribution in [0.3, 0.4) is 0 Å². The number of ether oxygens (including phenoxy) is 2. The Morgan fingerprint density at radius 3 is 2.66 bits per heavy atom. The van der Waals surface area contributed by atoms with Crippen LogP contribution in [0.25, 0.3) is 11.6 Å². The van der Waals surface area contributed by atoms with Crippen molar-refractivity contribution >= 4 is 40.2 Å². The van der Waals surface area contributed by atoms with Gasteiger partial charge in [0, 0.05) is 12.1 Å². The molecule has 0 saturated carbocycles. The molecule has 1 aromatic heterocycles. The van der Waals surface area contributed by atoms with Crippen LogP contribution < -0.4 is 4.74 Å². The van der Waals surface area contributed by atoms with Gasteiger partial charge in [0.05, 0.1) is 29.1 Å². The summed E-state index contributed by atoms with van der Waals surface area (Å²) in [6, 6.07) is 9.07. The normalized spacial score (nSPS) is 14.3. The van der Waals surface area contributed by atoms with Gasteiger partial charge in [0.1, 0.15) is 0 Å². The molecule has 0 saturated heterocycles. The highest BCUT2D eigenvalue weighted by Crippen LogP contribution is 2.34. The smallest absolute Gasteiger partial charge is 0.335 e. The maximum Gasteiger partial charge on any atom is 0.335 e. The van der Waals surface area contributed by atoms with Crippen molar-refractivity contribution < 1.29 is 29.6 Å². The van der Waals surface area contributed by atoms with E-state index in [2.05, 4.69) is 11.6 Å². The summed E-state index contributed by atoms with van der Waals surface area (Å²) in [5, 5.41) is 31.0. The molecule has 0 unspecified atom stereocenters. The Labute approximate surface area is 201 Å². The molecule has 0 spiro atoms. The number of benzene rings is 1. The summed E-state index contributed by atoms with van der Waals surface area (Å²) in [6.07, 6.45) is 3.10. The number of allylic oxidation sites excluding steroid dienone is 1. The summed E-state index contributed by atoms with van der Waals surface area (Å²) in [5.41, 5.74) is 2.36. The Balaban J connectivity index is 2.30. The zero-order valence-corrected chi connectivity index (χ0v) is 20.2. The number of phenolic OH excluding ortho intramolecular Hbond substituents is 1. The van der Waals surface area contributed by atoms with Gasteiger partial charge < -0.3 is 24.8 Å². The third-order valence-electron chi connectivity index (χ3n) is 4.92. The molecule has 0 aliphatic carbocycles. The van der Waals surface area contributed by atoms with Crippen molar-refractivity contribution in [2.24, 2.45) is 5.92 Å². The number of aliphatic hydroxyl groups excluding tert-OH is 2. The van der Waals surface area contributed by atoms with Gasteiger partial charge in [0.15, 0.2) is 17.6 Å². The van der Waals surface area contributed by atoms with E-state index in [4.69, 9.17) is 9.47 Å². The van der Waals surface area contributed by atoms with E-state index >= 15 is 0 Å². The van der Waals surface area contributed by atoms with Gasteiger partial charge in [-0.25, -0.2) is 4.79 Å². The largest absolute Gasteiger partial charge is 0.504 e. The number of methoxy groups -OCH3 is 1. The fourth-order valence-electron chi connectivity index (χ4n) is 3.24. The van der Waals surface area contributed by atoms with Crippen LogP contribution in [0.15, 0.2) is 49.2 Å². The second-order valence-electron chi connectivity index (χ2n) is 7.05. The lowest BCUT2D eigenvalue weighted by atomic mass is 9.90. The molecule has 0 radical (unpaired) electrons. The van der Waals surface area contributed by atoms with Crippen molar-refractivity contribution in [1.29, 1.82) is 0 Å². The van der Waals surface area contributed by atoms with Crippen molar-refractivity contribution in [3.63, 3.8) is 0 Å². The molecular weight excluding hydrogens is 525 g/mol. The maximum atomic E-state index is 11.9. The molecule has 3 atom stereocenters. The lowest BCUT2D eigenvalue weighted by molar-refractivity contribution is -0.157. The number of rotatable bonds is 11. The molecule has 2 rings (SSSR count). The molecule has 1 aromatic carbocycles. The molecule has 0 amide bonds. The Hall–Kier alpha value is -2.43. The highest BCUT2D eigenvalue weighted by Gasteiger charge is 2.30. The van der Waals surface area contributed by atoms with Gasteiger partial charge in [-0.1, -0.05) is 12.1 Å². The molecule has 7 nitrogen and oxygen atoms in total. The van der Waals surface area contributed by atoms with E-state index in [0.717, 1.165) is 16.8 Å². The van der Waals surface area contributed by atoms with Gasteiger partial charge >= 0.3 is 5.97 Å². The first-order valence-electron chi connectivity index (χ1n) is 10.2. The molecule has 8 heteroatoms. The summed E-state index contributed by atoms with van der Waals surface area (Å²) in [7, 11) is 1.49. The number of carbonyl (C=O) groups is 1. The molecule has 0 aliphatic rings. The van der Waals surface area contributed by atoms with Crippen LogP contribution in [-0.2, 0) is 9.53 Å². The van der Waals surface area contributed by atoms with Gasteiger partial charge in [-0.2, -0.15) is 0 Å². The van der Waals surface area contributed by atoms with Crippen LogP contribution >= 0.6 is 22.6 Å². The monoisotopic (exact) mass is 553 g/mol. The second kappa shape index (κ2) is 12.6. The van der Waals surface area contributed by atoms with Gasteiger partial charge in [-0.05, 0) is 83.8 Å². The highest BCUT2D eigenvalue weighted by molar-refractivity contribution is 14.1. The summed E-state index contributed by atoms with van der Waals surface area (Å²) in [4.78, 5) is 16.3. The number of nitrogens with zero attached hydrogens (tertiary/aromatic N) is 1. The minimum absolute atomic E-state index is 0.0711. The average Bonchev–Trinajstić information content (AvgIpc) is 2.79. The molecule has 1 heterocycles. The van der Waals surface area contributed by atoms with Gasteiger partial charge in [-0.3, -0.25) is 4.98 Å². The van der Waals surface area contributed by atoms with Gasteiger partial charge in [0.25, 0.3) is 0 Å². The Bertz CT molecular complexity index is 947. The summed E-state index contributed by atoms with van der Waals surface area (Å²) in [6.45, 7) is 5.43. The van der Waals surface area contributed by atoms with Gasteiger partial charge in [-0.15, -0.1) is 6.58 Å². The van der Waals surface area contributed by atoms with Crippen molar-refractivity contribution in [1.82, 2.24) is 4.98 Å². The van der Waals surface area contributed by atoms with E-state index in [9.17, 15) is 20.1 Å². The van der Waals surface area contributed by atoms with Gasteiger partial charge in [0.2, 0.25) is 0 Å². The first-order chi connectivity index (χ1) is 15.3. The summed E-state index contributed by atoms with van der Waals surface area (Å²) >= 11 is 2.03. The van der Waals surface area contributed by atoms with E-state index in [1.807, 2.05) is 52.9 Å². The number of pyridine rings is 1. The topological polar surface area (TPSA) is 109 Å². The first-order valence-corrected chi connectivity index (χ1v) is 11.2. The van der Waals surface area contributed by atoms with Crippen molar-refractivity contribution in [2.45, 2.75) is 32.0 Å². The first kappa shape index (κ1) is 25.8. The van der Waals surface area contributed by atoms with E-state index in [0.29, 0.717) is 15.7 Å². The molecular formula is C24H28INO6. The van der Waals surface area contributed by atoms with Crippen LogP contribution in [0.4, 0.5) is 0 Å². The van der Waals surface area contributed by atoms with Crippen molar-refractivity contribution in [3.05, 3.63) is 64.0 Å². The average molecular weight is 553 g/mol. The Kier molecular flexibility index (Phi) is 10.1. The zero-order valence-electron chi connectivity index (χ0n) is 18.1. The lowest BCUT2D eigenvalue weighted by Gasteiger charge is -2.24. The number of phenols is 1. The Morgan fingerprint density at radius 2 is 2.06 bits per heavy atom. The molecule has 0 bridgehead atoms. The summed E-state index contributed by atoms with van der Waals surface area (Å²) < 4.78 is 10.7. The van der Waals surface area contributed by atoms with E-state index < -0.39 is 24.1 Å². The third-order valence-corrected chi connectivity index (χ3v) is 5.75. The predicted octanol–water partition coefficient (Wildman–Crippen LogP) is 3.81. The predicted molar refractivity (Wildman–Crippen MR) is 131 cm³/mol. The summed E-state index contributed by atoms with van der Waals surface area (Å²) in [5.74, 6) is -1.23. The second-order valence-corrected chi connectivity index (χ2v) is 8.22. The van der Waals surface area contributed by atoms with Crippen molar-refractivity contribution in [3.8, 4) is 11.5 Å². The van der Waals surface area contributed by atoms with Crippen LogP contribution in [0.5, 0.6) is 11.5 Å². The minimum atomic E-state index is -1.49. The number of halogens is 1. The highest BCUT2D eigenvalue weighted by atomic mass is 127. The third kappa shape index (κ3) is 6.78. The maximum absolute atomic E-state index is 11.9. The number of hydrogen-bond donors (Lipinski definition) is 3. The van der Waals surface area contributed by atoms with Crippen LogP contribution in [0.1, 0.15) is 31.0 Å². The van der Waals surface area contributed by atoms with E-state index in [1.165, 1.54) is 13.2 Å². The quantitative estimate of drug-likeness (QED) is 0.221. The number of esters is 1. The van der Waals surface area contributed by atoms with E-state index in [-0.39, 0.29) is 18.8 Å². The number of aromatic hydroxyl groups is 1. The van der Waals surface area contributed by atoms with Crippen LogP contribution in [0, 0.1) is 9.49 Å². The molecule has 3 N–H and O–H groups in total. The van der Waals surface area contributed by atoms with Crippen molar-refractivity contribution in [2.75, 3.05) is 13.7 Å². The number of carbonyl (C=O) groups excluding carboxylic acids is 1. The number of aliphatic hydroxyl groups is 2. The fourth-order valence-corrected chi connectivity index (χ4v) is 3.86. The number of aromatic nitrogens is 1. The molecule has 0 fully saturated rings. The fraction of sp³-hybridized carbons (Fsp3) is 0.333. The van der Waals surface area contributed by atoms with Crippen LogP contribution in [0.2, 0.25) is 0 Å². The SMILES string of the molecule is C=C[C@H]([C@H](O)CC/C(=C/c1cc(I)c(O)c(OC)c1)c1ccccn1)[C@H](O)C(=O)OCC. The minimum Gasteiger partial charge on any atom is -0.504 e. The van der Waals surface area contributed by atoms with E-state index in [1.54, 1.807) is 19.2 Å². The molecule has 0 aliphatic heterocycles. The molecule has 2 aromatic rings. The zero-order chi connectivity index (χ0) is 23.7. The van der Waals surface area contributed by atoms with Crippen LogP contribution in [-0.4, -0.2) is 52.2 Å². The molecule has 172 valence electrons. The number of hydrogen-bond acceptors (Lipinski definition) is 7.